The molecule has 5 rings (SSSR count). The van der Waals surface area contributed by atoms with Gasteiger partial charge in [0.1, 0.15) is 6.54 Å². The second-order valence-electron chi connectivity index (χ2n) is 10.9. The molecule has 4 bridgehead atoms. The highest BCUT2D eigenvalue weighted by Gasteiger charge is 2.53. The van der Waals surface area contributed by atoms with E-state index in [4.69, 9.17) is 0 Å². The maximum Gasteiger partial charge on any atom is 0.240 e. The molecule has 0 aromatic carbocycles. The largest absolute Gasteiger partial charge is 0.352 e. The van der Waals surface area contributed by atoms with Crippen molar-refractivity contribution >= 4 is 29.4 Å². The molecule has 0 aromatic heterocycles. The van der Waals surface area contributed by atoms with Gasteiger partial charge >= 0.3 is 0 Å². The van der Waals surface area contributed by atoms with E-state index in [-0.39, 0.29) is 35.6 Å². The first-order valence-corrected chi connectivity index (χ1v) is 12.0. The number of allylic oxidation sites excluding steroid dienone is 1. The molecule has 6 heteroatoms. The van der Waals surface area contributed by atoms with Crippen LogP contribution in [-0.4, -0.2) is 40.8 Å². The maximum absolute atomic E-state index is 12.8. The second kappa shape index (κ2) is 7.44. The molecule has 29 heavy (non-hydrogen) atoms. The molecule has 1 saturated heterocycles. The molecule has 0 aromatic rings. The molecule has 1 aliphatic heterocycles. The Morgan fingerprint density at radius 1 is 1.17 bits per heavy atom. The first-order valence-electron chi connectivity index (χ1n) is 11.0. The van der Waals surface area contributed by atoms with Crippen LogP contribution in [0.25, 0.3) is 0 Å². The van der Waals surface area contributed by atoms with E-state index < -0.39 is 5.41 Å². The van der Waals surface area contributed by atoms with Crippen LogP contribution >= 0.6 is 11.8 Å². The van der Waals surface area contributed by atoms with Gasteiger partial charge in [-0.1, -0.05) is 32.5 Å². The van der Waals surface area contributed by atoms with E-state index in [2.05, 4.69) is 12.2 Å². The Balaban J connectivity index is 1.40. The highest BCUT2D eigenvalue weighted by atomic mass is 32.2. The lowest BCUT2D eigenvalue weighted by molar-refractivity contribution is -0.133. The molecular formula is C23H34N2O3S. The average Bonchev–Trinajstić information content (AvgIpc) is 2.93. The summed E-state index contributed by atoms with van der Waals surface area (Å²) in [6, 6.07) is 0.136. The maximum atomic E-state index is 12.8. The lowest BCUT2D eigenvalue weighted by Gasteiger charge is -2.59. The summed E-state index contributed by atoms with van der Waals surface area (Å²) in [6.45, 7) is 7.74. The summed E-state index contributed by atoms with van der Waals surface area (Å²) < 4.78 is 0. The van der Waals surface area contributed by atoms with Crippen molar-refractivity contribution in [1.29, 1.82) is 0 Å². The molecule has 0 spiro atoms. The van der Waals surface area contributed by atoms with E-state index in [0.717, 1.165) is 17.8 Å². The second-order valence-corrected chi connectivity index (χ2v) is 11.9. The Labute approximate surface area is 178 Å². The SMILES string of the molecule is C[C@@H](NC(=O)CN1C(=O)CS/C1=C\C(=O)C(C)(C)C)C12CC3CC(CC(C3)C1)C2. The van der Waals surface area contributed by atoms with Crippen LogP contribution in [0.15, 0.2) is 11.1 Å². The number of nitrogens with one attached hydrogen (secondary N) is 1. The van der Waals surface area contributed by atoms with E-state index in [0.29, 0.717) is 10.8 Å². The van der Waals surface area contributed by atoms with Crippen LogP contribution in [0.5, 0.6) is 0 Å². The fraction of sp³-hybridized carbons (Fsp3) is 0.783. The zero-order valence-corrected chi connectivity index (χ0v) is 18.9. The lowest BCUT2D eigenvalue weighted by Crippen LogP contribution is -2.56. The van der Waals surface area contributed by atoms with Gasteiger partial charge in [0.25, 0.3) is 0 Å². The minimum Gasteiger partial charge on any atom is -0.352 e. The van der Waals surface area contributed by atoms with Crippen LogP contribution in [0.2, 0.25) is 0 Å². The topological polar surface area (TPSA) is 66.5 Å². The number of hydrogen-bond acceptors (Lipinski definition) is 4. The monoisotopic (exact) mass is 418 g/mol. The van der Waals surface area contributed by atoms with Gasteiger partial charge in [-0.25, -0.2) is 0 Å². The van der Waals surface area contributed by atoms with Crippen LogP contribution in [0.3, 0.4) is 0 Å². The summed E-state index contributed by atoms with van der Waals surface area (Å²) in [4.78, 5) is 39.0. The molecule has 0 unspecified atom stereocenters. The number of hydrogen-bond donors (Lipinski definition) is 1. The third-order valence-electron chi connectivity index (χ3n) is 7.59. The third-order valence-corrected chi connectivity index (χ3v) is 8.61. The van der Waals surface area contributed by atoms with Crippen molar-refractivity contribution in [2.24, 2.45) is 28.6 Å². The van der Waals surface area contributed by atoms with Gasteiger partial charge in [-0.3, -0.25) is 19.3 Å². The van der Waals surface area contributed by atoms with Gasteiger partial charge < -0.3 is 5.32 Å². The van der Waals surface area contributed by atoms with Crippen molar-refractivity contribution in [1.82, 2.24) is 10.2 Å². The van der Waals surface area contributed by atoms with E-state index in [1.165, 1.54) is 61.3 Å². The zero-order chi connectivity index (χ0) is 21.0. The molecule has 4 aliphatic carbocycles. The van der Waals surface area contributed by atoms with E-state index in [9.17, 15) is 14.4 Å². The number of ketones is 1. The Hall–Kier alpha value is -1.30. The molecule has 1 N–H and O–H groups in total. The summed E-state index contributed by atoms with van der Waals surface area (Å²) in [7, 11) is 0. The Bertz CT molecular complexity index is 716. The molecule has 1 atom stereocenters. The van der Waals surface area contributed by atoms with Crippen LogP contribution in [0.4, 0.5) is 0 Å². The van der Waals surface area contributed by atoms with Crippen molar-refractivity contribution in [2.45, 2.75) is 72.3 Å². The first kappa shape index (κ1) is 21.0. The van der Waals surface area contributed by atoms with Gasteiger partial charge in [0, 0.05) is 17.5 Å². The molecule has 5 fully saturated rings. The number of amides is 2. The van der Waals surface area contributed by atoms with Crippen molar-refractivity contribution in [3.05, 3.63) is 11.1 Å². The van der Waals surface area contributed by atoms with Crippen molar-refractivity contribution < 1.29 is 14.4 Å². The van der Waals surface area contributed by atoms with Gasteiger partial charge in [-0.15, -0.1) is 0 Å². The van der Waals surface area contributed by atoms with Gasteiger partial charge in [-0.05, 0) is 68.6 Å². The fourth-order valence-electron chi connectivity index (χ4n) is 6.32. The van der Waals surface area contributed by atoms with E-state index in [1.54, 1.807) is 0 Å². The summed E-state index contributed by atoms with van der Waals surface area (Å²) in [5.74, 6) is 2.59. The highest BCUT2D eigenvalue weighted by Crippen LogP contribution is 2.61. The fourth-order valence-corrected chi connectivity index (χ4v) is 7.26. The Morgan fingerprint density at radius 3 is 2.24 bits per heavy atom. The zero-order valence-electron chi connectivity index (χ0n) is 18.1. The predicted molar refractivity (Wildman–Crippen MR) is 115 cm³/mol. The number of rotatable bonds is 5. The first-order chi connectivity index (χ1) is 13.6. The molecule has 5 aliphatic rings. The summed E-state index contributed by atoms with van der Waals surface area (Å²) >= 11 is 1.35. The number of carbonyl (C=O) groups excluding carboxylic acids is 3. The normalized spacial score (nSPS) is 36.0. The molecule has 160 valence electrons. The van der Waals surface area contributed by atoms with Gasteiger partial charge in [0.15, 0.2) is 5.78 Å². The van der Waals surface area contributed by atoms with Crippen LogP contribution in [0, 0.1) is 28.6 Å². The Morgan fingerprint density at radius 2 is 1.72 bits per heavy atom. The summed E-state index contributed by atoms with van der Waals surface area (Å²) in [5.41, 5.74) is -0.255. The molecule has 4 saturated carbocycles. The van der Waals surface area contributed by atoms with Crippen LogP contribution in [0.1, 0.15) is 66.2 Å². The molecule has 1 heterocycles. The van der Waals surface area contributed by atoms with E-state index >= 15 is 0 Å². The minimum atomic E-state index is -0.500. The third kappa shape index (κ3) is 4.14. The summed E-state index contributed by atoms with van der Waals surface area (Å²) in [5, 5.41) is 3.84. The Kier molecular flexibility index (Phi) is 5.37. The van der Waals surface area contributed by atoms with E-state index in [1.807, 2.05) is 20.8 Å². The van der Waals surface area contributed by atoms with Gasteiger partial charge in [-0.2, -0.15) is 0 Å². The number of carbonyl (C=O) groups is 3. The molecule has 0 radical (unpaired) electrons. The quantitative estimate of drug-likeness (QED) is 0.691. The smallest absolute Gasteiger partial charge is 0.240 e. The van der Waals surface area contributed by atoms with Gasteiger partial charge in [0.2, 0.25) is 11.8 Å². The number of thioether (sulfide) groups is 1. The average molecular weight is 419 g/mol. The van der Waals surface area contributed by atoms with Gasteiger partial charge in [0.05, 0.1) is 10.8 Å². The highest BCUT2D eigenvalue weighted by molar-refractivity contribution is 8.04. The predicted octanol–water partition coefficient (Wildman–Crippen LogP) is 3.74. The van der Waals surface area contributed by atoms with Crippen LogP contribution < -0.4 is 5.32 Å². The summed E-state index contributed by atoms with van der Waals surface area (Å²) in [6.07, 6.45) is 9.41. The minimum absolute atomic E-state index is 0.00575. The molecular weight excluding hydrogens is 384 g/mol. The van der Waals surface area contributed by atoms with Crippen molar-refractivity contribution in [3.63, 3.8) is 0 Å². The van der Waals surface area contributed by atoms with Crippen molar-refractivity contribution in [3.8, 4) is 0 Å². The molecule has 5 nitrogen and oxygen atoms in total. The lowest BCUT2D eigenvalue weighted by atomic mass is 9.48. The standard InChI is InChI=1S/C23H34N2O3S/c1-14(23-9-15-5-16(10-23)7-17(6-15)11-23)24-19(27)12-25-20(28)13-29-21(25)8-18(26)22(2,3)4/h8,14-17H,5-7,9-13H2,1-4H3,(H,24,27)/b21-8-/t14-,15?,16?,17?,23?/m1/s1. The molecule has 2 amide bonds. The van der Waals surface area contributed by atoms with Crippen LogP contribution in [-0.2, 0) is 14.4 Å². The van der Waals surface area contributed by atoms with Crippen molar-refractivity contribution in [2.75, 3.05) is 12.3 Å². The number of nitrogens with zero attached hydrogens (tertiary/aromatic N) is 1.